The van der Waals surface area contributed by atoms with Gasteiger partial charge in [-0.25, -0.2) is 0 Å². The summed E-state index contributed by atoms with van der Waals surface area (Å²) in [6.45, 7) is 14.7. The Balaban J connectivity index is 1.37. The molecule has 0 aromatic carbocycles. The maximum atomic E-state index is 13.6. The van der Waals surface area contributed by atoms with Crippen LogP contribution in [0.2, 0.25) is 0 Å². The van der Waals surface area contributed by atoms with Gasteiger partial charge in [-0.3, -0.25) is 9.59 Å². The Morgan fingerprint density at radius 2 is 1.87 bits per heavy atom. The second-order valence-electron chi connectivity index (χ2n) is 13.7. The normalized spacial score (nSPS) is 51.7. The number of hydrogen-bond donors (Lipinski definition) is 3. The molecule has 11 atom stereocenters. The van der Waals surface area contributed by atoms with Gasteiger partial charge in [0.25, 0.3) is 0 Å². The number of ether oxygens (including phenoxy) is 3. The number of esters is 1. The van der Waals surface area contributed by atoms with Crippen molar-refractivity contribution in [2.24, 2.45) is 22.7 Å². The topological polar surface area (TPSA) is 126 Å². The molecule has 4 aliphatic carbocycles. The summed E-state index contributed by atoms with van der Waals surface area (Å²) >= 11 is 0. The van der Waals surface area contributed by atoms with Crippen molar-refractivity contribution in [1.29, 1.82) is 0 Å². The Morgan fingerprint density at radius 1 is 1.18 bits per heavy atom. The van der Waals surface area contributed by atoms with Gasteiger partial charge in [-0.1, -0.05) is 19.1 Å². The molecule has 1 spiro atoms. The fourth-order valence-electron chi connectivity index (χ4n) is 9.81. The van der Waals surface area contributed by atoms with Crippen molar-refractivity contribution in [3.05, 3.63) is 35.6 Å². The molecule has 0 aromatic heterocycles. The Labute approximate surface area is 230 Å². The molecule has 1 saturated heterocycles. The molecule has 4 fully saturated rings. The Kier molecular flexibility index (Phi) is 5.46. The van der Waals surface area contributed by atoms with Crippen molar-refractivity contribution >= 4 is 11.8 Å². The molecule has 6 aliphatic rings. The maximum absolute atomic E-state index is 13.6. The molecule has 8 nitrogen and oxygen atoms in total. The first kappa shape index (κ1) is 27.2. The van der Waals surface area contributed by atoms with Gasteiger partial charge in [-0.15, -0.1) is 0 Å². The van der Waals surface area contributed by atoms with E-state index in [-0.39, 0.29) is 36.6 Å². The van der Waals surface area contributed by atoms with Crippen LogP contribution in [0.4, 0.5) is 0 Å². The smallest absolute Gasteiger partial charge is 0.303 e. The van der Waals surface area contributed by atoms with Gasteiger partial charge in [0.15, 0.2) is 11.9 Å². The third-order valence-electron chi connectivity index (χ3n) is 12.5. The van der Waals surface area contributed by atoms with Gasteiger partial charge in [-0.05, 0) is 89.4 Å². The standard InChI is InChI=1S/C31H42O8/c1-16-14-24(37-18(3)17(16)2)28(7,34)30(36)13-12-29(35)21-15-25-31(39-25)23(38-19(4)32)9-8-22(33)27(31,6)20(21)10-11-26(29,30)5/h8-9,20-21,23-25,34-36H,3,10-15H2,1-2,4-7H3/t20?,21?,23-,24?,25+,26-,27-,28-,29+,30-,31+/m0/s1. The zero-order chi connectivity index (χ0) is 28.6. The van der Waals surface area contributed by atoms with E-state index in [1.807, 2.05) is 27.7 Å². The zero-order valence-electron chi connectivity index (χ0n) is 23.9. The van der Waals surface area contributed by atoms with Crippen LogP contribution in [0.1, 0.15) is 80.1 Å². The summed E-state index contributed by atoms with van der Waals surface area (Å²) in [5, 5.41) is 37.2. The minimum Gasteiger partial charge on any atom is -0.487 e. The van der Waals surface area contributed by atoms with E-state index < -0.39 is 51.4 Å². The van der Waals surface area contributed by atoms with E-state index in [1.54, 1.807) is 13.0 Å². The summed E-state index contributed by atoms with van der Waals surface area (Å²) < 4.78 is 18.0. The summed E-state index contributed by atoms with van der Waals surface area (Å²) in [5.41, 5.74) is -5.65. The molecule has 0 radical (unpaired) electrons. The van der Waals surface area contributed by atoms with Crippen LogP contribution in [-0.4, -0.2) is 67.8 Å². The van der Waals surface area contributed by atoms with Crippen LogP contribution in [0.25, 0.3) is 0 Å². The highest BCUT2D eigenvalue weighted by atomic mass is 16.7. The molecule has 0 bridgehead atoms. The van der Waals surface area contributed by atoms with E-state index >= 15 is 0 Å². The average Bonchev–Trinajstić information content (AvgIpc) is 3.55. The average molecular weight is 543 g/mol. The van der Waals surface area contributed by atoms with E-state index in [0.717, 1.165) is 11.1 Å². The van der Waals surface area contributed by atoms with E-state index in [4.69, 9.17) is 14.2 Å². The highest BCUT2D eigenvalue weighted by Crippen LogP contribution is 2.75. The predicted octanol–water partition coefficient (Wildman–Crippen LogP) is 3.28. The van der Waals surface area contributed by atoms with Crippen molar-refractivity contribution in [3.63, 3.8) is 0 Å². The maximum Gasteiger partial charge on any atom is 0.303 e. The van der Waals surface area contributed by atoms with Crippen LogP contribution in [0.15, 0.2) is 35.6 Å². The fourth-order valence-corrected chi connectivity index (χ4v) is 9.81. The van der Waals surface area contributed by atoms with Gasteiger partial charge in [-0.2, -0.15) is 0 Å². The van der Waals surface area contributed by atoms with Gasteiger partial charge in [0, 0.05) is 18.8 Å². The molecule has 6 rings (SSSR count). The zero-order valence-corrected chi connectivity index (χ0v) is 23.9. The molecule has 0 amide bonds. The molecule has 3 saturated carbocycles. The highest BCUT2D eigenvalue weighted by Gasteiger charge is 2.84. The van der Waals surface area contributed by atoms with E-state index in [2.05, 4.69) is 6.58 Å². The first-order valence-electron chi connectivity index (χ1n) is 14.3. The minimum absolute atomic E-state index is 0.0812. The Hall–Kier alpha value is -2.00. The van der Waals surface area contributed by atoms with E-state index in [0.29, 0.717) is 31.4 Å². The molecule has 2 heterocycles. The highest BCUT2D eigenvalue weighted by molar-refractivity contribution is 5.98. The number of aliphatic hydroxyl groups is 3. The van der Waals surface area contributed by atoms with Gasteiger partial charge >= 0.3 is 5.97 Å². The first-order valence-corrected chi connectivity index (χ1v) is 14.3. The van der Waals surface area contributed by atoms with Crippen LogP contribution in [0, 0.1) is 22.7 Å². The van der Waals surface area contributed by atoms with Gasteiger partial charge in [0.1, 0.15) is 28.7 Å². The van der Waals surface area contributed by atoms with Crippen molar-refractivity contribution in [2.75, 3.05) is 0 Å². The van der Waals surface area contributed by atoms with Crippen molar-refractivity contribution in [3.8, 4) is 0 Å². The molecular weight excluding hydrogens is 500 g/mol. The van der Waals surface area contributed by atoms with E-state index in [9.17, 15) is 24.9 Å². The molecule has 3 N–H and O–H groups in total. The third kappa shape index (κ3) is 2.94. The van der Waals surface area contributed by atoms with Crippen LogP contribution in [0.3, 0.4) is 0 Å². The lowest BCUT2D eigenvalue weighted by molar-refractivity contribution is -0.282. The Bertz CT molecular complexity index is 1230. The van der Waals surface area contributed by atoms with Crippen LogP contribution < -0.4 is 0 Å². The Morgan fingerprint density at radius 3 is 2.51 bits per heavy atom. The molecule has 214 valence electrons. The van der Waals surface area contributed by atoms with E-state index in [1.165, 1.54) is 13.0 Å². The summed E-state index contributed by atoms with van der Waals surface area (Å²) in [5.74, 6) is -0.606. The predicted molar refractivity (Wildman–Crippen MR) is 141 cm³/mol. The minimum atomic E-state index is -1.67. The second kappa shape index (κ2) is 7.84. The fraction of sp³-hybridized carbons (Fsp3) is 0.742. The number of ketones is 1. The molecule has 39 heavy (non-hydrogen) atoms. The number of allylic oxidation sites excluding steroid dienone is 2. The van der Waals surface area contributed by atoms with Crippen molar-refractivity contribution in [1.82, 2.24) is 0 Å². The molecular formula is C31H42O8. The largest absolute Gasteiger partial charge is 0.487 e. The summed E-state index contributed by atoms with van der Waals surface area (Å²) in [6, 6.07) is 0. The van der Waals surface area contributed by atoms with Gasteiger partial charge < -0.3 is 29.5 Å². The number of fused-ring (bicyclic) bond motifs is 4. The first-order chi connectivity index (χ1) is 18.0. The summed E-state index contributed by atoms with van der Waals surface area (Å²) in [7, 11) is 0. The second-order valence-corrected chi connectivity index (χ2v) is 13.7. The van der Waals surface area contributed by atoms with Crippen LogP contribution in [0.5, 0.6) is 0 Å². The van der Waals surface area contributed by atoms with Gasteiger partial charge in [0.05, 0.1) is 17.1 Å². The van der Waals surface area contributed by atoms with Crippen molar-refractivity contribution in [2.45, 2.75) is 121 Å². The quantitative estimate of drug-likeness (QED) is 0.367. The number of carbonyl (C=O) groups excluding carboxylic acids is 2. The molecule has 0 aromatic rings. The summed E-state index contributed by atoms with van der Waals surface area (Å²) in [6.07, 6.45) is 3.78. The molecule has 3 unspecified atom stereocenters. The van der Waals surface area contributed by atoms with Gasteiger partial charge in [0.2, 0.25) is 0 Å². The monoisotopic (exact) mass is 542 g/mol. The number of rotatable bonds is 3. The third-order valence-corrected chi connectivity index (χ3v) is 12.5. The number of epoxide rings is 1. The lowest BCUT2D eigenvalue weighted by Crippen LogP contribution is -2.73. The van der Waals surface area contributed by atoms with Crippen molar-refractivity contribution < 1.29 is 39.1 Å². The molecule has 2 aliphatic heterocycles. The SMILES string of the molecule is C=C1OC([C@](C)(O)[C@]2(O)CC[C@@]3(O)C4C[C@H]5O[C@]56[C@@H](OC(C)=O)C=CC(=O)[C@]6(C)C4CC[C@]23C)CC(C)=C1C. The lowest BCUT2D eigenvalue weighted by Gasteiger charge is -2.63. The summed E-state index contributed by atoms with van der Waals surface area (Å²) in [4.78, 5) is 25.5. The number of hydrogen-bond acceptors (Lipinski definition) is 8. The molecule has 8 heteroatoms. The van der Waals surface area contributed by atoms with Crippen LogP contribution >= 0.6 is 0 Å². The van der Waals surface area contributed by atoms with Crippen LogP contribution in [-0.2, 0) is 23.8 Å². The lowest BCUT2D eigenvalue weighted by atomic mass is 9.42. The number of carbonyl (C=O) groups is 2.